The molecule has 1 saturated heterocycles. The quantitative estimate of drug-likeness (QED) is 0.797. The molecule has 0 radical (unpaired) electrons. The lowest BCUT2D eigenvalue weighted by molar-refractivity contribution is 0.0485. The zero-order valence-corrected chi connectivity index (χ0v) is 12.9. The lowest BCUT2D eigenvalue weighted by Gasteiger charge is -2.24. The Bertz CT molecular complexity index is 600. The van der Waals surface area contributed by atoms with Crippen molar-refractivity contribution in [3.63, 3.8) is 0 Å². The van der Waals surface area contributed by atoms with Crippen molar-refractivity contribution in [1.82, 2.24) is 9.55 Å². The van der Waals surface area contributed by atoms with Gasteiger partial charge in [-0.1, -0.05) is 12.1 Å². The van der Waals surface area contributed by atoms with E-state index in [4.69, 9.17) is 21.3 Å². The Morgan fingerprint density at radius 3 is 3.05 bits per heavy atom. The Balaban J connectivity index is 2.02. The monoisotopic (exact) mass is 292 g/mol. The predicted molar refractivity (Wildman–Crippen MR) is 82.3 cm³/mol. The van der Waals surface area contributed by atoms with E-state index >= 15 is 0 Å². The molecule has 0 bridgehead atoms. The highest BCUT2D eigenvalue weighted by Gasteiger charge is 2.20. The minimum Gasteiger partial charge on any atom is -0.381 e. The van der Waals surface area contributed by atoms with Crippen LogP contribution in [0.25, 0.3) is 11.0 Å². The zero-order valence-electron chi connectivity index (χ0n) is 12.1. The average Bonchev–Trinajstić information content (AvgIpc) is 2.81. The van der Waals surface area contributed by atoms with Gasteiger partial charge in [0.25, 0.3) is 0 Å². The van der Waals surface area contributed by atoms with Crippen LogP contribution in [0.15, 0.2) is 18.2 Å². The first-order valence-corrected chi connectivity index (χ1v) is 7.78. The molecule has 2 aromatic rings. The summed E-state index contributed by atoms with van der Waals surface area (Å²) in [6.45, 7) is 6.80. The number of alkyl halides is 1. The molecule has 1 fully saturated rings. The number of aromatic nitrogens is 2. The zero-order chi connectivity index (χ0) is 14.1. The van der Waals surface area contributed by atoms with Gasteiger partial charge in [0.15, 0.2) is 0 Å². The van der Waals surface area contributed by atoms with E-state index in [0.717, 1.165) is 37.5 Å². The molecule has 2 unspecified atom stereocenters. The molecule has 0 N–H and O–H groups in total. The van der Waals surface area contributed by atoms with Crippen LogP contribution in [-0.4, -0.2) is 22.8 Å². The Morgan fingerprint density at radius 2 is 2.35 bits per heavy atom. The number of para-hydroxylation sites is 1. The standard InChI is InChI=1S/C16H21ClN2O/c1-11-5-3-7-14-15(11)18-16(12(2)17)19(14)9-13-6-4-8-20-10-13/h3,5,7,12-13H,4,6,8-10H2,1-2H3. The Morgan fingerprint density at radius 1 is 1.50 bits per heavy atom. The summed E-state index contributed by atoms with van der Waals surface area (Å²) in [6.07, 6.45) is 2.38. The molecule has 0 aliphatic carbocycles. The van der Waals surface area contributed by atoms with Crippen molar-refractivity contribution in [2.75, 3.05) is 13.2 Å². The first-order chi connectivity index (χ1) is 9.66. The van der Waals surface area contributed by atoms with E-state index in [1.165, 1.54) is 17.5 Å². The summed E-state index contributed by atoms with van der Waals surface area (Å²) < 4.78 is 7.89. The van der Waals surface area contributed by atoms with Gasteiger partial charge < -0.3 is 9.30 Å². The molecule has 1 aromatic heterocycles. The molecule has 1 aliphatic heterocycles. The van der Waals surface area contributed by atoms with E-state index in [1.807, 2.05) is 6.92 Å². The van der Waals surface area contributed by atoms with E-state index in [2.05, 4.69) is 29.7 Å². The lowest BCUT2D eigenvalue weighted by Crippen LogP contribution is -2.23. The average molecular weight is 293 g/mol. The van der Waals surface area contributed by atoms with Gasteiger partial charge in [-0.2, -0.15) is 0 Å². The lowest BCUT2D eigenvalue weighted by atomic mass is 10.0. The van der Waals surface area contributed by atoms with Crippen molar-refractivity contribution in [3.05, 3.63) is 29.6 Å². The van der Waals surface area contributed by atoms with Gasteiger partial charge in [0.2, 0.25) is 0 Å². The molecule has 3 rings (SSSR count). The topological polar surface area (TPSA) is 27.1 Å². The highest BCUT2D eigenvalue weighted by molar-refractivity contribution is 6.20. The molecule has 3 nitrogen and oxygen atoms in total. The van der Waals surface area contributed by atoms with Gasteiger partial charge in [-0.05, 0) is 38.3 Å². The molecule has 1 aromatic carbocycles. The number of nitrogens with zero attached hydrogens (tertiary/aromatic N) is 2. The van der Waals surface area contributed by atoms with Gasteiger partial charge in [-0.3, -0.25) is 0 Å². The van der Waals surface area contributed by atoms with Crippen LogP contribution in [0, 0.1) is 12.8 Å². The second-order valence-corrected chi connectivity index (χ2v) is 6.38. The van der Waals surface area contributed by atoms with Crippen LogP contribution in [0.1, 0.15) is 36.5 Å². The van der Waals surface area contributed by atoms with Crippen LogP contribution < -0.4 is 0 Å². The molecule has 0 amide bonds. The fraction of sp³-hybridized carbons (Fsp3) is 0.562. The normalized spacial score (nSPS) is 21.2. The van der Waals surface area contributed by atoms with Gasteiger partial charge in [0.1, 0.15) is 5.82 Å². The number of aryl methyl sites for hydroxylation is 1. The number of hydrogen-bond acceptors (Lipinski definition) is 2. The molecule has 4 heteroatoms. The summed E-state index contributed by atoms with van der Waals surface area (Å²) in [4.78, 5) is 4.77. The summed E-state index contributed by atoms with van der Waals surface area (Å²) in [5.41, 5.74) is 3.48. The van der Waals surface area contributed by atoms with E-state index in [1.54, 1.807) is 0 Å². The third-order valence-electron chi connectivity index (χ3n) is 4.06. The van der Waals surface area contributed by atoms with Crippen molar-refractivity contribution in [2.45, 2.75) is 38.6 Å². The van der Waals surface area contributed by atoms with Crippen molar-refractivity contribution in [2.24, 2.45) is 5.92 Å². The number of imidazole rings is 1. The summed E-state index contributed by atoms with van der Waals surface area (Å²) >= 11 is 6.34. The van der Waals surface area contributed by atoms with Gasteiger partial charge in [0, 0.05) is 19.1 Å². The highest BCUT2D eigenvalue weighted by atomic mass is 35.5. The number of halogens is 1. The maximum Gasteiger partial charge on any atom is 0.127 e. The van der Waals surface area contributed by atoms with Crippen LogP contribution in [0.5, 0.6) is 0 Å². The largest absolute Gasteiger partial charge is 0.381 e. The van der Waals surface area contributed by atoms with Crippen LogP contribution >= 0.6 is 11.6 Å². The molecular formula is C16H21ClN2O. The van der Waals surface area contributed by atoms with Crippen LogP contribution in [0.3, 0.4) is 0 Å². The SMILES string of the molecule is Cc1cccc2c1nc(C(C)Cl)n2CC1CCCOC1. The highest BCUT2D eigenvalue weighted by Crippen LogP contribution is 2.28. The van der Waals surface area contributed by atoms with Crippen molar-refractivity contribution in [3.8, 4) is 0 Å². The van der Waals surface area contributed by atoms with E-state index in [-0.39, 0.29) is 5.38 Å². The summed E-state index contributed by atoms with van der Waals surface area (Å²) in [5, 5.41) is -0.0775. The van der Waals surface area contributed by atoms with Crippen LogP contribution in [-0.2, 0) is 11.3 Å². The number of hydrogen-bond donors (Lipinski definition) is 0. The molecule has 0 saturated carbocycles. The first-order valence-electron chi connectivity index (χ1n) is 7.34. The molecule has 1 aliphatic rings. The smallest absolute Gasteiger partial charge is 0.127 e. The van der Waals surface area contributed by atoms with Crippen LogP contribution in [0.2, 0.25) is 0 Å². The van der Waals surface area contributed by atoms with Gasteiger partial charge in [-0.15, -0.1) is 11.6 Å². The number of rotatable bonds is 3. The Kier molecular flexibility index (Phi) is 3.99. The fourth-order valence-corrected chi connectivity index (χ4v) is 3.18. The van der Waals surface area contributed by atoms with Gasteiger partial charge >= 0.3 is 0 Å². The maximum atomic E-state index is 6.34. The van der Waals surface area contributed by atoms with Crippen molar-refractivity contribution >= 4 is 22.6 Å². The molecule has 2 heterocycles. The molecular weight excluding hydrogens is 272 g/mol. The fourth-order valence-electron chi connectivity index (χ4n) is 3.01. The number of benzene rings is 1. The van der Waals surface area contributed by atoms with Crippen molar-refractivity contribution in [1.29, 1.82) is 0 Å². The third-order valence-corrected chi connectivity index (χ3v) is 4.26. The van der Waals surface area contributed by atoms with E-state index < -0.39 is 0 Å². The second-order valence-electron chi connectivity index (χ2n) is 5.72. The predicted octanol–water partition coefficient (Wildman–Crippen LogP) is 4.07. The number of fused-ring (bicyclic) bond motifs is 1. The second kappa shape index (κ2) is 5.74. The molecule has 108 valence electrons. The summed E-state index contributed by atoms with van der Waals surface area (Å²) in [7, 11) is 0. The molecule has 0 spiro atoms. The van der Waals surface area contributed by atoms with Gasteiger partial charge in [-0.25, -0.2) is 4.98 Å². The minimum absolute atomic E-state index is 0.0775. The van der Waals surface area contributed by atoms with E-state index in [9.17, 15) is 0 Å². The Hall–Kier alpha value is -1.06. The van der Waals surface area contributed by atoms with Gasteiger partial charge in [0.05, 0.1) is 23.0 Å². The first kappa shape index (κ1) is 13.9. The van der Waals surface area contributed by atoms with E-state index in [0.29, 0.717) is 5.92 Å². The minimum atomic E-state index is -0.0775. The Labute approximate surface area is 124 Å². The summed E-state index contributed by atoms with van der Waals surface area (Å²) in [6, 6.07) is 6.34. The van der Waals surface area contributed by atoms with Crippen molar-refractivity contribution < 1.29 is 4.74 Å². The summed E-state index contributed by atoms with van der Waals surface area (Å²) in [5.74, 6) is 1.54. The third kappa shape index (κ3) is 2.57. The maximum absolute atomic E-state index is 6.34. The van der Waals surface area contributed by atoms with Crippen LogP contribution in [0.4, 0.5) is 0 Å². The number of ether oxygens (including phenoxy) is 1. The molecule has 2 atom stereocenters. The molecule has 20 heavy (non-hydrogen) atoms.